The number of carbonyl (C=O) groups is 1. The molecule has 0 radical (unpaired) electrons. The minimum atomic E-state index is -0.00282. The lowest BCUT2D eigenvalue weighted by atomic mass is 9.84. The number of hydrogen-bond donors (Lipinski definition) is 0. The maximum absolute atomic E-state index is 12.6. The van der Waals surface area contributed by atoms with E-state index in [1.165, 1.54) is 5.56 Å². The highest BCUT2D eigenvalue weighted by molar-refractivity contribution is 6.08. The van der Waals surface area contributed by atoms with Crippen molar-refractivity contribution in [3.63, 3.8) is 0 Å². The van der Waals surface area contributed by atoms with Gasteiger partial charge in [-0.15, -0.1) is 0 Å². The third-order valence-corrected chi connectivity index (χ3v) is 4.51. The van der Waals surface area contributed by atoms with Crippen molar-refractivity contribution in [3.05, 3.63) is 77.4 Å². The number of rotatable bonds is 2. The smallest absolute Gasteiger partial charge is 0.187 e. The van der Waals surface area contributed by atoms with Gasteiger partial charge in [0, 0.05) is 35.5 Å². The molecule has 3 rings (SSSR count). The standard InChI is InChI=1S/C20H21NO/c1-20(2)14-16-11-7-8-12-17(16)18(21(20)3)13-19(22)15-9-5-4-6-10-15/h4-13H,14H2,1-3H3/b18-13-. The molecule has 1 aliphatic heterocycles. The number of benzene rings is 2. The summed E-state index contributed by atoms with van der Waals surface area (Å²) in [6.07, 6.45) is 2.76. The highest BCUT2D eigenvalue weighted by Crippen LogP contribution is 2.36. The molecule has 0 fully saturated rings. The molecule has 1 heterocycles. The monoisotopic (exact) mass is 291 g/mol. The molecule has 0 spiro atoms. The molecule has 2 aromatic rings. The van der Waals surface area contributed by atoms with Crippen LogP contribution in [0.5, 0.6) is 0 Å². The van der Waals surface area contributed by atoms with E-state index in [-0.39, 0.29) is 11.3 Å². The van der Waals surface area contributed by atoms with Gasteiger partial charge in [0.2, 0.25) is 0 Å². The van der Waals surface area contributed by atoms with Crippen LogP contribution in [0.25, 0.3) is 5.70 Å². The van der Waals surface area contributed by atoms with Crippen LogP contribution in [0.4, 0.5) is 0 Å². The Morgan fingerprint density at radius 1 is 1.05 bits per heavy atom. The van der Waals surface area contributed by atoms with Gasteiger partial charge in [-0.25, -0.2) is 0 Å². The van der Waals surface area contributed by atoms with Gasteiger partial charge < -0.3 is 4.90 Å². The highest BCUT2D eigenvalue weighted by Gasteiger charge is 2.33. The predicted molar refractivity (Wildman–Crippen MR) is 90.7 cm³/mol. The van der Waals surface area contributed by atoms with E-state index in [1.807, 2.05) is 36.4 Å². The van der Waals surface area contributed by atoms with Crippen LogP contribution in [0.3, 0.4) is 0 Å². The fourth-order valence-electron chi connectivity index (χ4n) is 3.00. The quantitative estimate of drug-likeness (QED) is 0.611. The van der Waals surface area contributed by atoms with E-state index < -0.39 is 0 Å². The summed E-state index contributed by atoms with van der Waals surface area (Å²) < 4.78 is 0. The Kier molecular flexibility index (Phi) is 3.61. The molecule has 22 heavy (non-hydrogen) atoms. The Labute approximate surface area is 132 Å². The Morgan fingerprint density at radius 2 is 1.68 bits per heavy atom. The first-order valence-corrected chi connectivity index (χ1v) is 7.62. The van der Waals surface area contributed by atoms with Gasteiger partial charge in [-0.3, -0.25) is 4.79 Å². The SMILES string of the molecule is CN1/C(=C\C(=O)c2ccccc2)c2ccccc2CC1(C)C. The molecule has 2 nitrogen and oxygen atoms in total. The second-order valence-electron chi connectivity index (χ2n) is 6.47. The lowest BCUT2D eigenvalue weighted by Gasteiger charge is -2.44. The average Bonchev–Trinajstić information content (AvgIpc) is 2.52. The van der Waals surface area contributed by atoms with Crippen molar-refractivity contribution in [2.75, 3.05) is 7.05 Å². The third-order valence-electron chi connectivity index (χ3n) is 4.51. The molecule has 0 bridgehead atoms. The van der Waals surface area contributed by atoms with Crippen LogP contribution in [0.1, 0.15) is 35.3 Å². The maximum atomic E-state index is 12.6. The van der Waals surface area contributed by atoms with Gasteiger partial charge >= 0.3 is 0 Å². The van der Waals surface area contributed by atoms with Crippen molar-refractivity contribution in [1.29, 1.82) is 0 Å². The van der Waals surface area contributed by atoms with Crippen LogP contribution in [0.2, 0.25) is 0 Å². The number of ketones is 1. The summed E-state index contributed by atoms with van der Waals surface area (Å²) >= 11 is 0. The zero-order valence-electron chi connectivity index (χ0n) is 13.3. The van der Waals surface area contributed by atoms with Crippen molar-refractivity contribution in [1.82, 2.24) is 4.90 Å². The Bertz CT molecular complexity index is 728. The summed E-state index contributed by atoms with van der Waals surface area (Å²) in [6, 6.07) is 17.8. The maximum Gasteiger partial charge on any atom is 0.187 e. The molecule has 2 aromatic carbocycles. The number of allylic oxidation sites excluding steroid dienone is 1. The van der Waals surface area contributed by atoms with E-state index in [4.69, 9.17) is 0 Å². The summed E-state index contributed by atoms with van der Waals surface area (Å²) in [5, 5.41) is 0. The topological polar surface area (TPSA) is 20.3 Å². The van der Waals surface area contributed by atoms with Gasteiger partial charge in [0.25, 0.3) is 0 Å². The van der Waals surface area contributed by atoms with Crippen molar-refractivity contribution < 1.29 is 4.79 Å². The molecule has 0 amide bonds. The van der Waals surface area contributed by atoms with Crippen molar-refractivity contribution >= 4 is 11.5 Å². The number of fused-ring (bicyclic) bond motifs is 1. The molecule has 0 unspecified atom stereocenters. The van der Waals surface area contributed by atoms with E-state index in [0.717, 1.165) is 23.2 Å². The molecular formula is C20H21NO. The largest absolute Gasteiger partial charge is 0.369 e. The summed E-state index contributed by atoms with van der Waals surface area (Å²) in [5.41, 5.74) is 4.19. The number of likely N-dealkylation sites (N-methyl/N-ethyl adjacent to an activating group) is 1. The van der Waals surface area contributed by atoms with Crippen LogP contribution in [0.15, 0.2) is 60.7 Å². The van der Waals surface area contributed by atoms with Crippen molar-refractivity contribution in [3.8, 4) is 0 Å². The van der Waals surface area contributed by atoms with Crippen LogP contribution in [-0.4, -0.2) is 23.3 Å². The first-order chi connectivity index (χ1) is 10.5. The molecule has 0 saturated heterocycles. The Hall–Kier alpha value is -2.35. The molecule has 0 N–H and O–H groups in total. The van der Waals surface area contributed by atoms with Crippen LogP contribution in [0, 0.1) is 0 Å². The summed E-state index contributed by atoms with van der Waals surface area (Å²) in [6.45, 7) is 4.42. The van der Waals surface area contributed by atoms with Gasteiger partial charge in [0.1, 0.15) is 0 Å². The molecule has 0 saturated carbocycles. The number of hydrogen-bond acceptors (Lipinski definition) is 2. The number of carbonyl (C=O) groups excluding carboxylic acids is 1. The van der Waals surface area contributed by atoms with E-state index in [1.54, 1.807) is 6.08 Å². The van der Waals surface area contributed by atoms with Crippen LogP contribution in [-0.2, 0) is 6.42 Å². The molecule has 112 valence electrons. The first kappa shape index (κ1) is 14.6. The predicted octanol–water partition coefficient (Wildman–Crippen LogP) is 4.18. The third kappa shape index (κ3) is 2.57. The molecule has 0 atom stereocenters. The normalized spacial score (nSPS) is 18.1. The second-order valence-corrected chi connectivity index (χ2v) is 6.47. The molecule has 0 aromatic heterocycles. The summed E-state index contributed by atoms with van der Waals surface area (Å²) in [4.78, 5) is 14.8. The second kappa shape index (κ2) is 5.45. The fourth-order valence-corrected chi connectivity index (χ4v) is 3.00. The van der Waals surface area contributed by atoms with Gasteiger partial charge in [0.05, 0.1) is 0 Å². The first-order valence-electron chi connectivity index (χ1n) is 7.62. The molecule has 1 aliphatic rings. The van der Waals surface area contributed by atoms with E-state index in [9.17, 15) is 4.79 Å². The van der Waals surface area contributed by atoms with Crippen molar-refractivity contribution in [2.24, 2.45) is 0 Å². The molecule has 0 aliphatic carbocycles. The highest BCUT2D eigenvalue weighted by atomic mass is 16.1. The van der Waals surface area contributed by atoms with Gasteiger partial charge in [-0.05, 0) is 25.8 Å². The van der Waals surface area contributed by atoms with E-state index >= 15 is 0 Å². The Morgan fingerprint density at radius 3 is 2.41 bits per heavy atom. The van der Waals surface area contributed by atoms with E-state index in [0.29, 0.717) is 0 Å². The van der Waals surface area contributed by atoms with Gasteiger partial charge in [0.15, 0.2) is 5.78 Å². The Balaban J connectivity index is 2.08. The zero-order valence-corrected chi connectivity index (χ0v) is 13.3. The summed E-state index contributed by atoms with van der Waals surface area (Å²) in [7, 11) is 2.07. The van der Waals surface area contributed by atoms with Crippen molar-refractivity contribution in [2.45, 2.75) is 25.8 Å². The van der Waals surface area contributed by atoms with Crippen LogP contribution >= 0.6 is 0 Å². The minimum Gasteiger partial charge on any atom is -0.369 e. The summed E-state index contributed by atoms with van der Waals surface area (Å²) in [5.74, 6) is 0.0509. The lowest BCUT2D eigenvalue weighted by Crippen LogP contribution is -2.45. The molecular weight excluding hydrogens is 270 g/mol. The minimum absolute atomic E-state index is 0.00282. The van der Waals surface area contributed by atoms with E-state index in [2.05, 4.69) is 44.0 Å². The number of nitrogens with zero attached hydrogens (tertiary/aromatic N) is 1. The fraction of sp³-hybridized carbons (Fsp3) is 0.250. The molecule has 2 heteroatoms. The van der Waals surface area contributed by atoms with Crippen LogP contribution < -0.4 is 0 Å². The zero-order chi connectivity index (χ0) is 15.7. The average molecular weight is 291 g/mol. The van der Waals surface area contributed by atoms with Gasteiger partial charge in [-0.2, -0.15) is 0 Å². The van der Waals surface area contributed by atoms with Gasteiger partial charge in [-0.1, -0.05) is 54.6 Å². The lowest BCUT2D eigenvalue weighted by molar-refractivity contribution is 0.104.